The molecule has 0 aliphatic heterocycles. The molecule has 170 valence electrons. The molecule has 1 aromatic heterocycles. The summed E-state index contributed by atoms with van der Waals surface area (Å²) in [5.74, 6) is 1.98. The van der Waals surface area contributed by atoms with Crippen LogP contribution < -0.4 is 5.32 Å². The van der Waals surface area contributed by atoms with Crippen LogP contribution in [0.3, 0.4) is 0 Å². The van der Waals surface area contributed by atoms with E-state index in [0.29, 0.717) is 17.5 Å². The van der Waals surface area contributed by atoms with E-state index in [0.717, 1.165) is 23.7 Å². The van der Waals surface area contributed by atoms with Crippen LogP contribution in [0.15, 0.2) is 53.7 Å². The summed E-state index contributed by atoms with van der Waals surface area (Å²) in [5.41, 5.74) is 1.77. The summed E-state index contributed by atoms with van der Waals surface area (Å²) in [6.07, 6.45) is -4.46. The number of benzene rings is 2. The van der Waals surface area contributed by atoms with Crippen molar-refractivity contribution in [3.05, 3.63) is 71.0 Å². The molecule has 32 heavy (non-hydrogen) atoms. The molecule has 0 atom stereocenters. The van der Waals surface area contributed by atoms with Gasteiger partial charge < -0.3 is 9.88 Å². The summed E-state index contributed by atoms with van der Waals surface area (Å²) in [6.45, 7) is 4.69. The summed E-state index contributed by atoms with van der Waals surface area (Å²) in [4.78, 5) is 12.2. The standard InChI is InChI=1S/C22H23F3N4OS2/c1-3-29-19(13-31-12-16-9-7-15(2)8-10-16)27-28-21(29)32-14-20(30)26-18-6-4-5-17(11-18)22(23,24)25/h4-11H,3,12-14H2,1-2H3,(H,26,30). The molecule has 0 bridgehead atoms. The number of hydrogen-bond acceptors (Lipinski definition) is 5. The van der Waals surface area contributed by atoms with Gasteiger partial charge in [0.1, 0.15) is 5.82 Å². The number of hydrogen-bond donors (Lipinski definition) is 1. The molecular formula is C22H23F3N4OS2. The second kappa shape index (κ2) is 10.9. The van der Waals surface area contributed by atoms with Crippen molar-refractivity contribution in [2.75, 3.05) is 11.1 Å². The van der Waals surface area contributed by atoms with Gasteiger partial charge in [0.25, 0.3) is 0 Å². The van der Waals surface area contributed by atoms with Gasteiger partial charge in [0, 0.05) is 18.0 Å². The molecule has 0 aliphatic rings. The van der Waals surface area contributed by atoms with E-state index in [1.807, 2.05) is 11.5 Å². The average molecular weight is 481 g/mol. The Morgan fingerprint density at radius 3 is 2.53 bits per heavy atom. The number of carbonyl (C=O) groups excluding carboxylic acids is 1. The number of alkyl halides is 3. The molecule has 1 amide bonds. The highest BCUT2D eigenvalue weighted by atomic mass is 32.2. The minimum Gasteiger partial charge on any atom is -0.325 e. The lowest BCUT2D eigenvalue weighted by Crippen LogP contribution is -2.15. The highest BCUT2D eigenvalue weighted by molar-refractivity contribution is 7.99. The Morgan fingerprint density at radius 1 is 1.09 bits per heavy atom. The predicted molar refractivity (Wildman–Crippen MR) is 123 cm³/mol. The number of aryl methyl sites for hydroxylation is 1. The zero-order chi connectivity index (χ0) is 23.1. The van der Waals surface area contributed by atoms with Crippen LogP contribution in [-0.2, 0) is 29.0 Å². The summed E-state index contributed by atoms with van der Waals surface area (Å²) in [6, 6.07) is 13.0. The molecule has 0 saturated heterocycles. The topological polar surface area (TPSA) is 59.8 Å². The van der Waals surface area contributed by atoms with Gasteiger partial charge in [-0.1, -0.05) is 47.7 Å². The molecule has 0 radical (unpaired) electrons. The second-order valence-corrected chi connectivity index (χ2v) is 8.96. The molecular weight excluding hydrogens is 457 g/mol. The monoisotopic (exact) mass is 480 g/mol. The Bertz CT molecular complexity index is 1050. The van der Waals surface area contributed by atoms with Crippen molar-refractivity contribution >= 4 is 35.1 Å². The number of nitrogens with one attached hydrogen (secondary N) is 1. The van der Waals surface area contributed by atoms with Crippen molar-refractivity contribution in [2.24, 2.45) is 0 Å². The van der Waals surface area contributed by atoms with E-state index in [1.165, 1.54) is 35.0 Å². The third-order valence-electron chi connectivity index (χ3n) is 4.54. The Kier molecular flexibility index (Phi) is 8.25. The first-order chi connectivity index (χ1) is 15.3. The zero-order valence-electron chi connectivity index (χ0n) is 17.6. The van der Waals surface area contributed by atoms with Gasteiger partial charge in [0.05, 0.1) is 17.1 Å². The third-order valence-corrected chi connectivity index (χ3v) is 6.50. The first kappa shape index (κ1) is 24.2. The van der Waals surface area contributed by atoms with E-state index in [-0.39, 0.29) is 11.4 Å². The van der Waals surface area contributed by atoms with E-state index in [9.17, 15) is 18.0 Å². The fraction of sp³-hybridized carbons (Fsp3) is 0.318. The predicted octanol–water partition coefficient (Wildman–Crippen LogP) is 5.79. The first-order valence-corrected chi connectivity index (χ1v) is 12.1. The zero-order valence-corrected chi connectivity index (χ0v) is 19.3. The number of halogens is 3. The van der Waals surface area contributed by atoms with E-state index in [1.54, 1.807) is 11.8 Å². The van der Waals surface area contributed by atoms with E-state index in [4.69, 9.17) is 0 Å². The number of rotatable bonds is 9. The van der Waals surface area contributed by atoms with E-state index in [2.05, 4.69) is 46.7 Å². The van der Waals surface area contributed by atoms with Crippen LogP contribution in [0.4, 0.5) is 18.9 Å². The molecule has 0 saturated carbocycles. The van der Waals surface area contributed by atoms with Gasteiger partial charge in [-0.2, -0.15) is 13.2 Å². The molecule has 0 spiro atoms. The van der Waals surface area contributed by atoms with Crippen LogP contribution in [0.1, 0.15) is 29.4 Å². The fourth-order valence-electron chi connectivity index (χ4n) is 2.90. The maximum absolute atomic E-state index is 12.8. The van der Waals surface area contributed by atoms with Crippen molar-refractivity contribution in [1.82, 2.24) is 14.8 Å². The van der Waals surface area contributed by atoms with Crippen molar-refractivity contribution in [3.8, 4) is 0 Å². The minimum absolute atomic E-state index is 0.0187. The van der Waals surface area contributed by atoms with Gasteiger partial charge in [-0.25, -0.2) is 0 Å². The molecule has 10 heteroatoms. The van der Waals surface area contributed by atoms with E-state index < -0.39 is 17.6 Å². The Morgan fingerprint density at radius 2 is 1.84 bits per heavy atom. The molecule has 2 aromatic carbocycles. The smallest absolute Gasteiger partial charge is 0.325 e. The molecule has 0 fully saturated rings. The number of aromatic nitrogens is 3. The van der Waals surface area contributed by atoms with Crippen molar-refractivity contribution in [1.29, 1.82) is 0 Å². The van der Waals surface area contributed by atoms with Gasteiger partial charge in [0.2, 0.25) is 5.91 Å². The largest absolute Gasteiger partial charge is 0.416 e. The number of nitrogens with zero attached hydrogens (tertiary/aromatic N) is 3. The van der Waals surface area contributed by atoms with Gasteiger partial charge >= 0.3 is 6.18 Å². The normalized spacial score (nSPS) is 11.5. The fourth-order valence-corrected chi connectivity index (χ4v) is 4.64. The second-order valence-electron chi connectivity index (χ2n) is 7.04. The summed E-state index contributed by atoms with van der Waals surface area (Å²) in [7, 11) is 0. The molecule has 1 heterocycles. The molecule has 5 nitrogen and oxygen atoms in total. The number of thioether (sulfide) groups is 2. The maximum Gasteiger partial charge on any atom is 0.416 e. The van der Waals surface area contributed by atoms with Gasteiger partial charge in [-0.05, 0) is 37.6 Å². The Balaban J connectivity index is 1.53. The Hall–Kier alpha value is -2.46. The van der Waals surface area contributed by atoms with Crippen LogP contribution in [0.2, 0.25) is 0 Å². The SMILES string of the molecule is CCn1c(CSCc2ccc(C)cc2)nnc1SCC(=O)Nc1cccc(C(F)(F)F)c1. The Labute approximate surface area is 193 Å². The highest BCUT2D eigenvalue weighted by Gasteiger charge is 2.30. The van der Waals surface area contributed by atoms with Crippen LogP contribution in [0.5, 0.6) is 0 Å². The van der Waals surface area contributed by atoms with Crippen molar-refractivity contribution in [2.45, 2.75) is 43.2 Å². The quantitative estimate of drug-likeness (QED) is 0.393. The van der Waals surface area contributed by atoms with Gasteiger partial charge in [0.15, 0.2) is 5.16 Å². The number of amides is 1. The number of anilines is 1. The summed E-state index contributed by atoms with van der Waals surface area (Å²) >= 11 is 2.94. The third kappa shape index (κ3) is 6.77. The van der Waals surface area contributed by atoms with Crippen molar-refractivity contribution < 1.29 is 18.0 Å². The molecule has 0 unspecified atom stereocenters. The molecule has 3 aromatic rings. The van der Waals surface area contributed by atoms with Crippen LogP contribution in [0.25, 0.3) is 0 Å². The maximum atomic E-state index is 12.8. The minimum atomic E-state index is -4.46. The highest BCUT2D eigenvalue weighted by Crippen LogP contribution is 2.30. The van der Waals surface area contributed by atoms with Crippen molar-refractivity contribution in [3.63, 3.8) is 0 Å². The van der Waals surface area contributed by atoms with Crippen LogP contribution in [0, 0.1) is 6.92 Å². The molecule has 3 rings (SSSR count). The molecule has 1 N–H and O–H groups in total. The lowest BCUT2D eigenvalue weighted by atomic mass is 10.2. The lowest BCUT2D eigenvalue weighted by Gasteiger charge is -2.10. The van der Waals surface area contributed by atoms with Gasteiger partial charge in [-0.15, -0.1) is 22.0 Å². The first-order valence-electron chi connectivity index (χ1n) is 9.91. The summed E-state index contributed by atoms with van der Waals surface area (Å²) < 4.78 is 40.4. The van der Waals surface area contributed by atoms with E-state index >= 15 is 0 Å². The van der Waals surface area contributed by atoms with Gasteiger partial charge in [-0.3, -0.25) is 4.79 Å². The number of carbonyl (C=O) groups is 1. The molecule has 0 aliphatic carbocycles. The lowest BCUT2D eigenvalue weighted by molar-refractivity contribution is -0.137. The van der Waals surface area contributed by atoms with Crippen LogP contribution >= 0.6 is 23.5 Å². The van der Waals surface area contributed by atoms with Crippen LogP contribution in [-0.4, -0.2) is 26.4 Å². The summed E-state index contributed by atoms with van der Waals surface area (Å²) in [5, 5.41) is 11.5. The average Bonchev–Trinajstić information content (AvgIpc) is 3.15.